The molecule has 1 aliphatic rings. The molecule has 0 radical (unpaired) electrons. The van der Waals surface area contributed by atoms with Crippen LogP contribution in [0.3, 0.4) is 0 Å². The lowest BCUT2D eigenvalue weighted by Crippen LogP contribution is -2.42. The van der Waals surface area contributed by atoms with Crippen molar-refractivity contribution in [2.75, 3.05) is 4.90 Å². The van der Waals surface area contributed by atoms with E-state index >= 15 is 0 Å². The number of alkyl halides is 3. The zero-order valence-corrected chi connectivity index (χ0v) is 18.4. The molecular weight excluding hydrogens is 475 g/mol. The van der Waals surface area contributed by atoms with Crippen LogP contribution in [0.15, 0.2) is 65.7 Å². The van der Waals surface area contributed by atoms with Crippen LogP contribution in [0.1, 0.15) is 12.5 Å². The number of rotatable bonds is 5. The molecule has 0 aliphatic carbocycles. The summed E-state index contributed by atoms with van der Waals surface area (Å²) in [6.07, 6.45) is 0.300. The lowest BCUT2D eigenvalue weighted by Gasteiger charge is -2.24. The standard InChI is InChI=1S/C22H18F3N3O5S/c1-13(29)19-20(30)28(15-6-8-16(9-7-15)34(32,33)22(23,24)25)21(31)27(19)12-14-10-11-26-18-5-3-2-4-17(14)18/h2-11,13,19,29H,12H2,1H3/t13-,19?/m1/s1. The van der Waals surface area contributed by atoms with Crippen molar-refractivity contribution in [1.82, 2.24) is 9.88 Å². The number of fused-ring (bicyclic) bond motifs is 1. The minimum absolute atomic E-state index is 0.0415. The van der Waals surface area contributed by atoms with Crippen molar-refractivity contribution in [3.8, 4) is 0 Å². The number of carbonyl (C=O) groups is 2. The van der Waals surface area contributed by atoms with Crippen LogP contribution in [0.4, 0.5) is 23.7 Å². The second-order valence-electron chi connectivity index (χ2n) is 7.70. The first kappa shape index (κ1) is 23.6. The maximum absolute atomic E-state index is 13.2. The van der Waals surface area contributed by atoms with Crippen LogP contribution in [0.5, 0.6) is 0 Å². The average molecular weight is 493 g/mol. The van der Waals surface area contributed by atoms with Gasteiger partial charge in [-0.15, -0.1) is 0 Å². The number of aliphatic hydroxyl groups excluding tert-OH is 1. The van der Waals surface area contributed by atoms with Crippen LogP contribution in [0, 0.1) is 0 Å². The van der Waals surface area contributed by atoms with E-state index in [-0.39, 0.29) is 12.2 Å². The molecule has 0 spiro atoms. The number of benzene rings is 2. The second kappa shape index (κ2) is 8.37. The number of aliphatic hydroxyl groups is 1. The van der Waals surface area contributed by atoms with Gasteiger partial charge in [-0.25, -0.2) is 18.1 Å². The van der Waals surface area contributed by atoms with Gasteiger partial charge in [0.2, 0.25) is 0 Å². The summed E-state index contributed by atoms with van der Waals surface area (Å²) >= 11 is 0. The topological polar surface area (TPSA) is 108 Å². The summed E-state index contributed by atoms with van der Waals surface area (Å²) in [5.41, 5.74) is -4.27. The molecule has 4 rings (SSSR count). The van der Waals surface area contributed by atoms with Crippen LogP contribution in [-0.2, 0) is 21.2 Å². The van der Waals surface area contributed by atoms with Gasteiger partial charge in [0.25, 0.3) is 15.7 Å². The highest BCUT2D eigenvalue weighted by atomic mass is 32.2. The highest BCUT2D eigenvalue weighted by Crippen LogP contribution is 2.33. The SMILES string of the molecule is C[C@@H](O)C1C(=O)N(c2ccc(S(=O)(=O)C(F)(F)F)cc2)C(=O)N1Cc1ccnc2ccccc12. The molecule has 178 valence electrons. The molecule has 2 heterocycles. The number of amides is 3. The number of nitrogens with zero attached hydrogens (tertiary/aromatic N) is 3. The Labute approximate surface area is 192 Å². The third-order valence-electron chi connectivity index (χ3n) is 5.49. The van der Waals surface area contributed by atoms with Gasteiger partial charge in [-0.3, -0.25) is 9.78 Å². The smallest absolute Gasteiger partial charge is 0.391 e. The van der Waals surface area contributed by atoms with Crippen molar-refractivity contribution in [2.24, 2.45) is 0 Å². The maximum atomic E-state index is 13.2. The first-order valence-corrected chi connectivity index (χ1v) is 11.5. The Morgan fingerprint density at radius 1 is 1.06 bits per heavy atom. The van der Waals surface area contributed by atoms with Crippen molar-refractivity contribution < 1.29 is 36.3 Å². The van der Waals surface area contributed by atoms with Gasteiger partial charge in [0, 0.05) is 18.1 Å². The van der Waals surface area contributed by atoms with E-state index < -0.39 is 44.3 Å². The number of carbonyl (C=O) groups excluding carboxylic acids is 2. The summed E-state index contributed by atoms with van der Waals surface area (Å²) in [5, 5.41) is 11.0. The summed E-state index contributed by atoms with van der Waals surface area (Å²) < 4.78 is 61.6. The van der Waals surface area contributed by atoms with Crippen LogP contribution < -0.4 is 4.90 Å². The number of imide groups is 1. The molecule has 1 saturated heterocycles. The number of sulfone groups is 1. The quantitative estimate of drug-likeness (QED) is 0.547. The van der Waals surface area contributed by atoms with Gasteiger partial charge in [0.15, 0.2) is 0 Å². The van der Waals surface area contributed by atoms with Gasteiger partial charge in [-0.05, 0) is 48.9 Å². The third-order valence-corrected chi connectivity index (χ3v) is 7.00. The molecule has 1 aromatic heterocycles. The van der Waals surface area contributed by atoms with Gasteiger partial charge >= 0.3 is 11.5 Å². The number of halogens is 3. The van der Waals surface area contributed by atoms with Gasteiger partial charge in [0.1, 0.15) is 6.04 Å². The molecule has 1 unspecified atom stereocenters. The van der Waals surface area contributed by atoms with Crippen LogP contribution in [-0.4, -0.2) is 53.0 Å². The van der Waals surface area contributed by atoms with E-state index in [2.05, 4.69) is 4.98 Å². The minimum atomic E-state index is -5.58. The maximum Gasteiger partial charge on any atom is 0.501 e. The highest BCUT2D eigenvalue weighted by molar-refractivity contribution is 7.92. The van der Waals surface area contributed by atoms with E-state index in [1.807, 2.05) is 0 Å². The van der Waals surface area contributed by atoms with Crippen LogP contribution in [0.25, 0.3) is 10.9 Å². The van der Waals surface area contributed by atoms with Crippen molar-refractivity contribution in [3.63, 3.8) is 0 Å². The van der Waals surface area contributed by atoms with Crippen LogP contribution in [0.2, 0.25) is 0 Å². The predicted octanol–water partition coefficient (Wildman–Crippen LogP) is 3.25. The van der Waals surface area contributed by atoms with E-state index in [0.29, 0.717) is 28.1 Å². The molecule has 1 N–H and O–H groups in total. The van der Waals surface area contributed by atoms with Crippen molar-refractivity contribution in [3.05, 3.63) is 66.4 Å². The molecule has 1 fully saturated rings. The van der Waals surface area contributed by atoms with Gasteiger partial charge in [-0.1, -0.05) is 18.2 Å². The lowest BCUT2D eigenvalue weighted by molar-refractivity contribution is -0.122. The molecule has 3 amide bonds. The van der Waals surface area contributed by atoms with E-state index in [0.717, 1.165) is 22.4 Å². The Morgan fingerprint density at radius 2 is 1.71 bits per heavy atom. The van der Waals surface area contributed by atoms with Crippen molar-refractivity contribution in [2.45, 2.75) is 36.0 Å². The predicted molar refractivity (Wildman–Crippen MR) is 115 cm³/mol. The van der Waals surface area contributed by atoms with E-state index in [9.17, 15) is 36.3 Å². The summed E-state index contributed by atoms with van der Waals surface area (Å²) in [6, 6.07) is 10.0. The fraction of sp³-hybridized carbons (Fsp3) is 0.227. The van der Waals surface area contributed by atoms with E-state index in [4.69, 9.17) is 0 Å². The van der Waals surface area contributed by atoms with Crippen LogP contribution >= 0.6 is 0 Å². The Kier molecular flexibility index (Phi) is 5.82. The van der Waals surface area contributed by atoms with E-state index in [1.54, 1.807) is 36.5 Å². The minimum Gasteiger partial charge on any atom is -0.391 e. The zero-order valence-electron chi connectivity index (χ0n) is 17.6. The molecule has 1 aliphatic heterocycles. The number of anilines is 1. The summed E-state index contributed by atoms with van der Waals surface area (Å²) in [4.78, 5) is 31.4. The molecule has 0 bridgehead atoms. The van der Waals surface area contributed by atoms with Gasteiger partial charge in [-0.2, -0.15) is 13.2 Å². The molecular formula is C22H18F3N3O5S. The third kappa shape index (κ3) is 3.88. The molecule has 34 heavy (non-hydrogen) atoms. The second-order valence-corrected chi connectivity index (χ2v) is 9.64. The Hall–Kier alpha value is -3.51. The molecule has 2 aromatic carbocycles. The normalized spacial score (nSPS) is 18.1. The average Bonchev–Trinajstić information content (AvgIpc) is 3.02. The summed E-state index contributed by atoms with van der Waals surface area (Å²) in [5.74, 6) is -0.787. The molecule has 0 saturated carbocycles. The highest BCUT2D eigenvalue weighted by Gasteiger charge is 2.49. The van der Waals surface area contributed by atoms with Crippen molar-refractivity contribution in [1.29, 1.82) is 0 Å². The monoisotopic (exact) mass is 493 g/mol. The molecule has 2 atom stereocenters. The summed E-state index contributed by atoms with van der Waals surface area (Å²) in [7, 11) is -5.58. The number of hydrogen-bond donors (Lipinski definition) is 1. The first-order chi connectivity index (χ1) is 15.9. The Morgan fingerprint density at radius 3 is 2.32 bits per heavy atom. The molecule has 3 aromatic rings. The first-order valence-electron chi connectivity index (χ1n) is 10.00. The van der Waals surface area contributed by atoms with Gasteiger partial charge < -0.3 is 10.0 Å². The fourth-order valence-corrected chi connectivity index (χ4v) is 4.62. The lowest BCUT2D eigenvalue weighted by atomic mass is 10.1. The number of urea groups is 1. The Bertz CT molecular complexity index is 1370. The number of aromatic nitrogens is 1. The number of pyridine rings is 1. The molecule has 12 heteroatoms. The number of para-hydroxylation sites is 1. The zero-order chi connectivity index (χ0) is 24.8. The van der Waals surface area contributed by atoms with Crippen molar-refractivity contribution >= 4 is 38.4 Å². The largest absolute Gasteiger partial charge is 0.501 e. The number of hydrogen-bond acceptors (Lipinski definition) is 6. The molecule has 8 nitrogen and oxygen atoms in total. The van der Waals surface area contributed by atoms with E-state index in [1.165, 1.54) is 6.92 Å². The summed E-state index contributed by atoms with van der Waals surface area (Å²) in [6.45, 7) is 1.30. The Balaban J connectivity index is 1.69. The fourth-order valence-electron chi connectivity index (χ4n) is 3.86. The van der Waals surface area contributed by atoms with Gasteiger partial charge in [0.05, 0.1) is 22.2 Å².